The zero-order valence-electron chi connectivity index (χ0n) is 9.93. The van der Waals surface area contributed by atoms with Crippen LogP contribution in [0, 0.1) is 9.39 Å². The zero-order valence-corrected chi connectivity index (χ0v) is 12.1. The Morgan fingerprint density at radius 1 is 1.25 bits per heavy atom. The summed E-state index contributed by atoms with van der Waals surface area (Å²) in [6.45, 7) is 0. The van der Waals surface area contributed by atoms with Crippen molar-refractivity contribution in [2.45, 2.75) is 0 Å². The summed E-state index contributed by atoms with van der Waals surface area (Å²) >= 11 is 1.85. The number of pyridine rings is 1. The van der Waals surface area contributed by atoms with E-state index in [1.165, 1.54) is 36.4 Å². The van der Waals surface area contributed by atoms with Crippen molar-refractivity contribution < 1.29 is 19.1 Å². The maximum absolute atomic E-state index is 13.0. The number of anilines is 1. The number of rotatable bonds is 3. The molecule has 1 amide bonds. The van der Waals surface area contributed by atoms with Crippen LogP contribution in [-0.4, -0.2) is 22.0 Å². The third-order valence-electron chi connectivity index (χ3n) is 2.39. The van der Waals surface area contributed by atoms with Gasteiger partial charge in [-0.2, -0.15) is 0 Å². The molecule has 2 N–H and O–H groups in total. The Labute approximate surface area is 127 Å². The van der Waals surface area contributed by atoms with Crippen molar-refractivity contribution in [3.63, 3.8) is 0 Å². The van der Waals surface area contributed by atoms with Crippen LogP contribution in [0.15, 0.2) is 36.4 Å². The molecule has 0 bridgehead atoms. The first-order chi connectivity index (χ1) is 9.47. The Morgan fingerprint density at radius 3 is 2.65 bits per heavy atom. The van der Waals surface area contributed by atoms with Gasteiger partial charge in [0.05, 0.1) is 5.56 Å². The van der Waals surface area contributed by atoms with E-state index in [0.29, 0.717) is 3.57 Å². The van der Waals surface area contributed by atoms with E-state index in [1.807, 2.05) is 22.6 Å². The molecule has 2 rings (SSSR count). The second-order valence-electron chi connectivity index (χ2n) is 3.79. The number of nitrogens with zero attached hydrogens (tertiary/aromatic N) is 1. The van der Waals surface area contributed by atoms with Crippen molar-refractivity contribution in [1.29, 1.82) is 0 Å². The van der Waals surface area contributed by atoms with Crippen LogP contribution in [0.3, 0.4) is 0 Å². The number of benzene rings is 1. The molecule has 0 saturated carbocycles. The molecule has 0 aliphatic rings. The van der Waals surface area contributed by atoms with Gasteiger partial charge in [0.1, 0.15) is 11.6 Å². The second-order valence-corrected chi connectivity index (χ2v) is 4.95. The van der Waals surface area contributed by atoms with Gasteiger partial charge in [-0.25, -0.2) is 14.2 Å². The van der Waals surface area contributed by atoms with Crippen LogP contribution in [0.25, 0.3) is 0 Å². The fourth-order valence-corrected chi connectivity index (χ4v) is 2.20. The average molecular weight is 386 g/mol. The number of carbonyl (C=O) groups excluding carboxylic acids is 1. The standard InChI is InChI=1S/C13H8FIN2O3/c14-7-4-5-8(9(15)6-7)12(18)17-11-3-1-2-10(16-11)13(19)20/h1-6H,(H,19,20)(H,16,17,18). The van der Waals surface area contributed by atoms with Gasteiger partial charge in [0, 0.05) is 3.57 Å². The lowest BCUT2D eigenvalue weighted by molar-refractivity contribution is 0.0690. The highest BCUT2D eigenvalue weighted by atomic mass is 127. The first kappa shape index (κ1) is 14.4. The summed E-state index contributed by atoms with van der Waals surface area (Å²) in [7, 11) is 0. The zero-order chi connectivity index (χ0) is 14.7. The molecule has 0 atom stereocenters. The quantitative estimate of drug-likeness (QED) is 0.796. The van der Waals surface area contributed by atoms with Gasteiger partial charge in [0.15, 0.2) is 5.69 Å². The number of aromatic carboxylic acids is 1. The highest BCUT2D eigenvalue weighted by Crippen LogP contribution is 2.15. The number of carboxylic acids is 1. The van der Waals surface area contributed by atoms with Crippen molar-refractivity contribution >= 4 is 40.3 Å². The van der Waals surface area contributed by atoms with Crippen LogP contribution in [0.4, 0.5) is 10.2 Å². The number of hydrogen-bond acceptors (Lipinski definition) is 3. The fourth-order valence-electron chi connectivity index (χ4n) is 1.48. The van der Waals surface area contributed by atoms with Crippen molar-refractivity contribution in [2.24, 2.45) is 0 Å². The van der Waals surface area contributed by atoms with E-state index in [0.717, 1.165) is 0 Å². The molecule has 1 aromatic heterocycles. The molecule has 0 aliphatic carbocycles. The lowest BCUT2D eigenvalue weighted by atomic mass is 10.2. The summed E-state index contributed by atoms with van der Waals surface area (Å²) in [4.78, 5) is 26.6. The van der Waals surface area contributed by atoms with Crippen LogP contribution >= 0.6 is 22.6 Å². The van der Waals surface area contributed by atoms with E-state index in [2.05, 4.69) is 10.3 Å². The minimum atomic E-state index is -1.18. The molecule has 0 saturated heterocycles. The smallest absolute Gasteiger partial charge is 0.354 e. The van der Waals surface area contributed by atoms with Gasteiger partial charge >= 0.3 is 5.97 Å². The van der Waals surface area contributed by atoms with Gasteiger partial charge in [0.2, 0.25) is 0 Å². The van der Waals surface area contributed by atoms with E-state index >= 15 is 0 Å². The number of carbonyl (C=O) groups is 2. The monoisotopic (exact) mass is 386 g/mol. The maximum atomic E-state index is 13.0. The summed E-state index contributed by atoms with van der Waals surface area (Å²) in [5.41, 5.74) is 0.117. The molecule has 0 fully saturated rings. The largest absolute Gasteiger partial charge is 0.477 e. The van der Waals surface area contributed by atoms with Crippen molar-refractivity contribution in [2.75, 3.05) is 5.32 Å². The number of amides is 1. The molecule has 0 radical (unpaired) electrons. The molecule has 2 aromatic rings. The van der Waals surface area contributed by atoms with Crippen LogP contribution < -0.4 is 5.32 Å². The highest BCUT2D eigenvalue weighted by molar-refractivity contribution is 14.1. The average Bonchev–Trinajstić information content (AvgIpc) is 2.38. The normalized spacial score (nSPS) is 10.1. The van der Waals surface area contributed by atoms with Crippen molar-refractivity contribution in [3.05, 3.63) is 57.0 Å². The number of aromatic nitrogens is 1. The minimum absolute atomic E-state index is 0.120. The summed E-state index contributed by atoms with van der Waals surface area (Å²) in [5, 5.41) is 11.3. The van der Waals surface area contributed by atoms with Gasteiger partial charge in [-0.05, 0) is 52.9 Å². The summed E-state index contributed by atoms with van der Waals surface area (Å²) in [5.74, 6) is -1.98. The molecule has 1 aromatic carbocycles. The third kappa shape index (κ3) is 3.29. The Hall–Kier alpha value is -2.03. The van der Waals surface area contributed by atoms with Gasteiger partial charge < -0.3 is 10.4 Å². The topological polar surface area (TPSA) is 79.3 Å². The Balaban J connectivity index is 2.23. The Morgan fingerprint density at radius 2 is 2.00 bits per heavy atom. The second kappa shape index (κ2) is 5.95. The predicted octanol–water partition coefficient (Wildman–Crippen LogP) is 2.78. The van der Waals surface area contributed by atoms with Crippen molar-refractivity contribution in [3.8, 4) is 0 Å². The number of hydrogen-bond donors (Lipinski definition) is 2. The van der Waals surface area contributed by atoms with Gasteiger partial charge in [0.25, 0.3) is 5.91 Å². The molecule has 102 valence electrons. The molecule has 5 nitrogen and oxygen atoms in total. The molecule has 1 heterocycles. The molecular formula is C13H8FIN2O3. The molecule has 7 heteroatoms. The lowest BCUT2D eigenvalue weighted by Crippen LogP contribution is -2.15. The van der Waals surface area contributed by atoms with Crippen LogP contribution in [0.1, 0.15) is 20.8 Å². The predicted molar refractivity (Wildman–Crippen MR) is 78.3 cm³/mol. The Bertz CT molecular complexity index is 691. The highest BCUT2D eigenvalue weighted by Gasteiger charge is 2.12. The van der Waals surface area contributed by atoms with E-state index in [4.69, 9.17) is 5.11 Å². The summed E-state index contributed by atoms with van der Waals surface area (Å²) in [6.07, 6.45) is 0. The van der Waals surface area contributed by atoms with Gasteiger partial charge in [-0.3, -0.25) is 4.79 Å². The minimum Gasteiger partial charge on any atom is -0.477 e. The fraction of sp³-hybridized carbons (Fsp3) is 0. The van der Waals surface area contributed by atoms with E-state index < -0.39 is 17.7 Å². The Kier molecular flexibility index (Phi) is 4.28. The lowest BCUT2D eigenvalue weighted by Gasteiger charge is -2.06. The molecule has 0 spiro atoms. The summed E-state index contributed by atoms with van der Waals surface area (Å²) in [6, 6.07) is 8.03. The molecule has 20 heavy (non-hydrogen) atoms. The van der Waals surface area contributed by atoms with E-state index in [1.54, 1.807) is 0 Å². The summed E-state index contributed by atoms with van der Waals surface area (Å²) < 4.78 is 13.4. The molecular weight excluding hydrogens is 378 g/mol. The SMILES string of the molecule is O=C(O)c1cccc(NC(=O)c2ccc(F)cc2I)n1. The molecule has 0 aliphatic heterocycles. The number of halogens is 2. The molecule has 0 unspecified atom stereocenters. The first-order valence-electron chi connectivity index (χ1n) is 5.44. The van der Waals surface area contributed by atoms with E-state index in [-0.39, 0.29) is 17.1 Å². The van der Waals surface area contributed by atoms with Crippen LogP contribution in [0.5, 0.6) is 0 Å². The van der Waals surface area contributed by atoms with Crippen LogP contribution in [-0.2, 0) is 0 Å². The third-order valence-corrected chi connectivity index (χ3v) is 3.28. The van der Waals surface area contributed by atoms with Gasteiger partial charge in [-0.15, -0.1) is 0 Å². The number of carboxylic acid groups (broad SMARTS) is 1. The number of nitrogens with one attached hydrogen (secondary N) is 1. The maximum Gasteiger partial charge on any atom is 0.354 e. The van der Waals surface area contributed by atoms with E-state index in [9.17, 15) is 14.0 Å². The van der Waals surface area contributed by atoms with Gasteiger partial charge in [-0.1, -0.05) is 6.07 Å². The first-order valence-corrected chi connectivity index (χ1v) is 6.52. The van der Waals surface area contributed by atoms with Crippen LogP contribution in [0.2, 0.25) is 0 Å². The van der Waals surface area contributed by atoms with Crippen molar-refractivity contribution in [1.82, 2.24) is 4.98 Å².